The molecule has 0 aliphatic rings. The van der Waals surface area contributed by atoms with Crippen LogP contribution in [0.15, 0.2) is 35.6 Å². The number of anilines is 2. The van der Waals surface area contributed by atoms with Gasteiger partial charge >= 0.3 is 0 Å². The minimum Gasteiger partial charge on any atom is -0.349 e. The molecule has 0 atom stereocenters. The molecule has 0 saturated heterocycles. The van der Waals surface area contributed by atoms with E-state index in [9.17, 15) is 4.79 Å². The van der Waals surface area contributed by atoms with Crippen LogP contribution in [0, 0.1) is 13.8 Å². The molecule has 0 bridgehead atoms. The van der Waals surface area contributed by atoms with E-state index in [1.165, 1.54) is 11.8 Å². The van der Waals surface area contributed by atoms with Crippen molar-refractivity contribution in [3.63, 3.8) is 0 Å². The van der Waals surface area contributed by atoms with Gasteiger partial charge in [0.1, 0.15) is 10.8 Å². The summed E-state index contributed by atoms with van der Waals surface area (Å²) in [5.41, 5.74) is 3.09. The Labute approximate surface area is 135 Å². The zero-order chi connectivity index (χ0) is 16.1. The minimum atomic E-state index is -0.0763. The third kappa shape index (κ3) is 3.98. The van der Waals surface area contributed by atoms with E-state index in [1.54, 1.807) is 17.3 Å². The second-order valence-corrected chi connectivity index (χ2v) is 5.90. The molecular weight excluding hydrogens is 296 g/mol. The van der Waals surface area contributed by atoms with Crippen molar-refractivity contribution < 1.29 is 4.79 Å². The second-order valence-electron chi connectivity index (χ2n) is 5.07. The standard InChI is InChI=1S/C16H20N4OS/c1-11-6-5-7-13(12(11)2)18-15(21)10-20(3)14-8-17-9-16(19-14)22-4/h5-9H,10H2,1-4H3,(H,18,21). The van der Waals surface area contributed by atoms with E-state index in [0.29, 0.717) is 5.82 Å². The first-order chi connectivity index (χ1) is 10.5. The van der Waals surface area contributed by atoms with Gasteiger partial charge in [-0.25, -0.2) is 4.98 Å². The van der Waals surface area contributed by atoms with E-state index in [1.807, 2.05) is 45.4 Å². The average molecular weight is 316 g/mol. The normalized spacial score (nSPS) is 10.4. The van der Waals surface area contributed by atoms with Crippen molar-refractivity contribution in [2.75, 3.05) is 30.1 Å². The molecule has 1 aromatic carbocycles. The Hall–Kier alpha value is -2.08. The fourth-order valence-corrected chi connectivity index (χ4v) is 2.34. The predicted octanol–water partition coefficient (Wildman–Crippen LogP) is 2.89. The summed E-state index contributed by atoms with van der Waals surface area (Å²) < 4.78 is 0. The first-order valence-corrected chi connectivity index (χ1v) is 8.17. The molecule has 0 aliphatic heterocycles. The maximum Gasteiger partial charge on any atom is 0.243 e. The lowest BCUT2D eigenvalue weighted by atomic mass is 10.1. The molecule has 2 aromatic rings. The Morgan fingerprint density at radius 1 is 1.32 bits per heavy atom. The van der Waals surface area contributed by atoms with Gasteiger partial charge in [-0.15, -0.1) is 11.8 Å². The summed E-state index contributed by atoms with van der Waals surface area (Å²) in [5, 5.41) is 3.78. The van der Waals surface area contributed by atoms with Crippen molar-refractivity contribution in [2.24, 2.45) is 0 Å². The molecule has 1 heterocycles. The van der Waals surface area contributed by atoms with E-state index in [0.717, 1.165) is 21.8 Å². The van der Waals surface area contributed by atoms with Crippen LogP contribution in [0.3, 0.4) is 0 Å². The Morgan fingerprint density at radius 2 is 2.09 bits per heavy atom. The number of likely N-dealkylation sites (N-methyl/N-ethyl adjacent to an activating group) is 1. The number of carbonyl (C=O) groups excluding carboxylic acids is 1. The number of hydrogen-bond donors (Lipinski definition) is 1. The third-order valence-corrected chi connectivity index (χ3v) is 4.07. The molecule has 0 spiro atoms. The van der Waals surface area contributed by atoms with E-state index < -0.39 is 0 Å². The SMILES string of the molecule is CSc1cncc(N(C)CC(=O)Nc2cccc(C)c2C)n1. The molecule has 6 heteroatoms. The zero-order valence-electron chi connectivity index (χ0n) is 13.3. The van der Waals surface area contributed by atoms with Crippen LogP contribution in [-0.4, -0.2) is 35.7 Å². The first kappa shape index (κ1) is 16.3. The van der Waals surface area contributed by atoms with Crippen LogP contribution >= 0.6 is 11.8 Å². The van der Waals surface area contributed by atoms with Crippen LogP contribution < -0.4 is 10.2 Å². The highest BCUT2D eigenvalue weighted by atomic mass is 32.2. The molecule has 5 nitrogen and oxygen atoms in total. The molecule has 22 heavy (non-hydrogen) atoms. The first-order valence-electron chi connectivity index (χ1n) is 6.94. The number of nitrogens with zero attached hydrogens (tertiary/aromatic N) is 3. The average Bonchev–Trinajstić information content (AvgIpc) is 2.51. The highest BCUT2D eigenvalue weighted by molar-refractivity contribution is 7.98. The van der Waals surface area contributed by atoms with Crippen molar-refractivity contribution in [2.45, 2.75) is 18.9 Å². The molecule has 0 fully saturated rings. The molecular formula is C16H20N4OS. The lowest BCUT2D eigenvalue weighted by molar-refractivity contribution is -0.114. The van der Waals surface area contributed by atoms with E-state index >= 15 is 0 Å². The van der Waals surface area contributed by atoms with Gasteiger partial charge in [-0.1, -0.05) is 12.1 Å². The maximum atomic E-state index is 12.2. The summed E-state index contributed by atoms with van der Waals surface area (Å²) in [7, 11) is 1.83. The van der Waals surface area contributed by atoms with Gasteiger partial charge in [0.05, 0.1) is 18.9 Å². The lowest BCUT2D eigenvalue weighted by Crippen LogP contribution is -2.31. The molecule has 2 rings (SSSR count). The summed E-state index contributed by atoms with van der Waals surface area (Å²) in [6.45, 7) is 4.25. The number of benzene rings is 1. The van der Waals surface area contributed by atoms with Crippen molar-refractivity contribution in [1.29, 1.82) is 0 Å². The quantitative estimate of drug-likeness (QED) is 0.860. The van der Waals surface area contributed by atoms with Gasteiger partial charge in [-0.05, 0) is 37.3 Å². The van der Waals surface area contributed by atoms with Gasteiger partial charge in [-0.3, -0.25) is 9.78 Å². The monoisotopic (exact) mass is 316 g/mol. The zero-order valence-corrected chi connectivity index (χ0v) is 14.1. The van der Waals surface area contributed by atoms with Crippen LogP contribution in [0.4, 0.5) is 11.5 Å². The Kier molecular flexibility index (Phi) is 5.38. The van der Waals surface area contributed by atoms with Gasteiger partial charge in [0.25, 0.3) is 0 Å². The van der Waals surface area contributed by atoms with Gasteiger partial charge in [0.15, 0.2) is 0 Å². The largest absolute Gasteiger partial charge is 0.349 e. The summed E-state index contributed by atoms with van der Waals surface area (Å²) in [6.07, 6.45) is 5.31. The molecule has 0 radical (unpaired) electrons. The molecule has 116 valence electrons. The highest BCUT2D eigenvalue weighted by Crippen LogP contribution is 2.18. The molecule has 1 N–H and O–H groups in total. The van der Waals surface area contributed by atoms with Crippen molar-refractivity contribution in [3.8, 4) is 0 Å². The molecule has 1 aromatic heterocycles. The Balaban J connectivity index is 2.03. The number of amides is 1. The van der Waals surface area contributed by atoms with Crippen LogP contribution in [-0.2, 0) is 4.79 Å². The van der Waals surface area contributed by atoms with Crippen molar-refractivity contribution in [1.82, 2.24) is 9.97 Å². The topological polar surface area (TPSA) is 58.1 Å². The number of hydrogen-bond acceptors (Lipinski definition) is 5. The Morgan fingerprint density at radius 3 is 2.82 bits per heavy atom. The van der Waals surface area contributed by atoms with E-state index in [4.69, 9.17) is 0 Å². The van der Waals surface area contributed by atoms with E-state index in [-0.39, 0.29) is 12.5 Å². The number of nitrogens with one attached hydrogen (secondary N) is 1. The molecule has 0 unspecified atom stereocenters. The summed E-state index contributed by atoms with van der Waals surface area (Å²) in [6, 6.07) is 5.88. The van der Waals surface area contributed by atoms with Gasteiger partial charge in [0.2, 0.25) is 5.91 Å². The smallest absolute Gasteiger partial charge is 0.243 e. The summed E-state index contributed by atoms with van der Waals surface area (Å²) in [5.74, 6) is 0.607. The Bertz CT molecular complexity index is 675. The van der Waals surface area contributed by atoms with E-state index in [2.05, 4.69) is 15.3 Å². The minimum absolute atomic E-state index is 0.0763. The van der Waals surface area contributed by atoms with Crippen LogP contribution in [0.25, 0.3) is 0 Å². The van der Waals surface area contributed by atoms with Crippen LogP contribution in [0.5, 0.6) is 0 Å². The van der Waals surface area contributed by atoms with Gasteiger partial charge < -0.3 is 10.2 Å². The molecule has 0 saturated carbocycles. The molecule has 0 aliphatic carbocycles. The van der Waals surface area contributed by atoms with Crippen molar-refractivity contribution in [3.05, 3.63) is 41.7 Å². The number of aryl methyl sites for hydroxylation is 1. The van der Waals surface area contributed by atoms with Gasteiger partial charge in [-0.2, -0.15) is 0 Å². The lowest BCUT2D eigenvalue weighted by Gasteiger charge is -2.18. The summed E-state index contributed by atoms with van der Waals surface area (Å²) >= 11 is 1.52. The van der Waals surface area contributed by atoms with Crippen molar-refractivity contribution >= 4 is 29.2 Å². The number of rotatable bonds is 5. The maximum absolute atomic E-state index is 12.2. The second kappa shape index (κ2) is 7.26. The van der Waals surface area contributed by atoms with Gasteiger partial charge in [0, 0.05) is 12.7 Å². The number of aromatic nitrogens is 2. The molecule has 1 amide bonds. The number of thioether (sulfide) groups is 1. The highest BCUT2D eigenvalue weighted by Gasteiger charge is 2.11. The fraction of sp³-hybridized carbons (Fsp3) is 0.312. The predicted molar refractivity (Wildman–Crippen MR) is 91.6 cm³/mol. The third-order valence-electron chi connectivity index (χ3n) is 3.46. The summed E-state index contributed by atoms with van der Waals surface area (Å²) in [4.78, 5) is 22.6. The van der Waals surface area contributed by atoms with Crippen LogP contribution in [0.1, 0.15) is 11.1 Å². The fourth-order valence-electron chi connectivity index (χ4n) is 1.99. The number of carbonyl (C=O) groups is 1. The van der Waals surface area contributed by atoms with Crippen LogP contribution in [0.2, 0.25) is 0 Å².